The molecule has 3 nitrogen and oxygen atoms in total. The standard InChI is InChI=1S/C10H21NO2/c1-10(2,7-12)11-8-5-3-4-6-9(8)13/h8-9,11-13H,3-7H2,1-2H3/t8-,9-/m0/s1. The van der Waals surface area contributed by atoms with E-state index >= 15 is 0 Å². The van der Waals surface area contributed by atoms with Crippen molar-refractivity contribution in [2.24, 2.45) is 0 Å². The van der Waals surface area contributed by atoms with Crippen LogP contribution in [0.25, 0.3) is 0 Å². The van der Waals surface area contributed by atoms with Crippen LogP contribution in [0.5, 0.6) is 0 Å². The molecule has 0 aromatic carbocycles. The van der Waals surface area contributed by atoms with Crippen molar-refractivity contribution in [1.82, 2.24) is 5.32 Å². The summed E-state index contributed by atoms with van der Waals surface area (Å²) in [7, 11) is 0. The van der Waals surface area contributed by atoms with Crippen molar-refractivity contribution in [3.63, 3.8) is 0 Å². The van der Waals surface area contributed by atoms with Gasteiger partial charge in [-0.2, -0.15) is 0 Å². The first kappa shape index (κ1) is 11.0. The lowest BCUT2D eigenvalue weighted by molar-refractivity contribution is 0.0637. The van der Waals surface area contributed by atoms with Gasteiger partial charge in [0.25, 0.3) is 0 Å². The minimum Gasteiger partial charge on any atom is -0.394 e. The van der Waals surface area contributed by atoms with E-state index in [9.17, 15) is 5.11 Å². The van der Waals surface area contributed by atoms with E-state index in [0.717, 1.165) is 19.3 Å². The smallest absolute Gasteiger partial charge is 0.0693 e. The molecule has 13 heavy (non-hydrogen) atoms. The van der Waals surface area contributed by atoms with Crippen molar-refractivity contribution in [2.75, 3.05) is 6.61 Å². The van der Waals surface area contributed by atoms with Gasteiger partial charge in [0, 0.05) is 11.6 Å². The topological polar surface area (TPSA) is 52.5 Å². The first-order chi connectivity index (χ1) is 6.05. The molecule has 0 aromatic heterocycles. The van der Waals surface area contributed by atoms with Gasteiger partial charge in [-0.25, -0.2) is 0 Å². The van der Waals surface area contributed by atoms with Crippen molar-refractivity contribution >= 4 is 0 Å². The van der Waals surface area contributed by atoms with Gasteiger partial charge in [-0.05, 0) is 26.7 Å². The molecule has 0 aliphatic heterocycles. The van der Waals surface area contributed by atoms with Crippen LogP contribution in [0.15, 0.2) is 0 Å². The molecular formula is C10H21NO2. The lowest BCUT2D eigenvalue weighted by Gasteiger charge is -2.35. The summed E-state index contributed by atoms with van der Waals surface area (Å²) in [6.07, 6.45) is 3.97. The Kier molecular flexibility index (Phi) is 3.71. The molecule has 0 bridgehead atoms. The van der Waals surface area contributed by atoms with E-state index in [1.54, 1.807) is 0 Å². The molecule has 0 unspecified atom stereocenters. The molecule has 1 aliphatic carbocycles. The van der Waals surface area contributed by atoms with Gasteiger partial charge in [0.2, 0.25) is 0 Å². The summed E-state index contributed by atoms with van der Waals surface area (Å²) in [6, 6.07) is 0.163. The number of aliphatic hydroxyl groups is 2. The van der Waals surface area contributed by atoms with Crippen molar-refractivity contribution < 1.29 is 10.2 Å². The predicted octanol–water partition coefficient (Wildman–Crippen LogP) is 0.650. The van der Waals surface area contributed by atoms with E-state index in [-0.39, 0.29) is 24.3 Å². The number of nitrogens with one attached hydrogen (secondary N) is 1. The second-order valence-corrected chi connectivity index (χ2v) is 4.64. The Morgan fingerprint density at radius 3 is 2.46 bits per heavy atom. The normalized spacial score (nSPS) is 30.5. The zero-order valence-corrected chi connectivity index (χ0v) is 8.58. The highest BCUT2D eigenvalue weighted by Gasteiger charge is 2.28. The molecular weight excluding hydrogens is 166 g/mol. The summed E-state index contributed by atoms with van der Waals surface area (Å²) < 4.78 is 0. The largest absolute Gasteiger partial charge is 0.394 e. The van der Waals surface area contributed by atoms with Gasteiger partial charge >= 0.3 is 0 Å². The van der Waals surface area contributed by atoms with Gasteiger partial charge < -0.3 is 15.5 Å². The summed E-state index contributed by atoms with van der Waals surface area (Å²) >= 11 is 0. The highest BCUT2D eigenvalue weighted by Crippen LogP contribution is 2.20. The third-order valence-electron chi connectivity index (χ3n) is 2.70. The van der Waals surface area contributed by atoms with Crippen molar-refractivity contribution in [2.45, 2.75) is 57.2 Å². The molecule has 0 amide bonds. The Morgan fingerprint density at radius 1 is 1.31 bits per heavy atom. The van der Waals surface area contributed by atoms with Crippen LogP contribution in [-0.2, 0) is 0 Å². The van der Waals surface area contributed by atoms with Crippen LogP contribution in [-0.4, -0.2) is 34.5 Å². The Labute approximate surface area is 80.2 Å². The number of hydrogen-bond donors (Lipinski definition) is 3. The number of aliphatic hydroxyl groups excluding tert-OH is 2. The van der Waals surface area contributed by atoms with Gasteiger partial charge in [-0.3, -0.25) is 0 Å². The average molecular weight is 187 g/mol. The monoisotopic (exact) mass is 187 g/mol. The van der Waals surface area contributed by atoms with Gasteiger partial charge in [0.1, 0.15) is 0 Å². The van der Waals surface area contributed by atoms with E-state index in [1.807, 2.05) is 13.8 Å². The van der Waals surface area contributed by atoms with Gasteiger partial charge in [-0.15, -0.1) is 0 Å². The summed E-state index contributed by atoms with van der Waals surface area (Å²) in [4.78, 5) is 0. The minimum absolute atomic E-state index is 0.107. The SMILES string of the molecule is CC(C)(CO)N[C@H]1CCCC[C@@H]1O. The lowest BCUT2D eigenvalue weighted by Crippen LogP contribution is -2.53. The quantitative estimate of drug-likeness (QED) is 0.608. The maximum Gasteiger partial charge on any atom is 0.0693 e. The van der Waals surface area contributed by atoms with Crippen molar-refractivity contribution in [3.8, 4) is 0 Å². The Morgan fingerprint density at radius 2 is 1.92 bits per heavy atom. The first-order valence-corrected chi connectivity index (χ1v) is 5.12. The fourth-order valence-electron chi connectivity index (χ4n) is 1.83. The summed E-state index contributed by atoms with van der Waals surface area (Å²) in [5, 5.41) is 22.0. The molecule has 0 saturated heterocycles. The molecule has 3 heteroatoms. The third kappa shape index (κ3) is 3.25. The second kappa shape index (κ2) is 4.40. The van der Waals surface area contributed by atoms with Crippen LogP contribution >= 0.6 is 0 Å². The van der Waals surface area contributed by atoms with E-state index in [1.165, 1.54) is 6.42 Å². The molecule has 1 saturated carbocycles. The van der Waals surface area contributed by atoms with Crippen LogP contribution in [0.3, 0.4) is 0 Å². The molecule has 2 atom stereocenters. The Hall–Kier alpha value is -0.120. The summed E-state index contributed by atoms with van der Waals surface area (Å²) in [5.74, 6) is 0. The fraction of sp³-hybridized carbons (Fsp3) is 1.00. The van der Waals surface area contributed by atoms with Crippen LogP contribution in [0.1, 0.15) is 39.5 Å². The second-order valence-electron chi connectivity index (χ2n) is 4.64. The van der Waals surface area contributed by atoms with Crippen molar-refractivity contribution in [1.29, 1.82) is 0 Å². The molecule has 0 spiro atoms. The molecule has 0 radical (unpaired) electrons. The highest BCUT2D eigenvalue weighted by molar-refractivity contribution is 4.87. The third-order valence-corrected chi connectivity index (χ3v) is 2.70. The highest BCUT2D eigenvalue weighted by atomic mass is 16.3. The van der Waals surface area contributed by atoms with E-state index < -0.39 is 0 Å². The van der Waals surface area contributed by atoms with E-state index in [4.69, 9.17) is 5.11 Å². The van der Waals surface area contributed by atoms with Crippen LogP contribution in [0.2, 0.25) is 0 Å². The van der Waals surface area contributed by atoms with E-state index in [2.05, 4.69) is 5.32 Å². The van der Waals surface area contributed by atoms with Gasteiger partial charge in [0.15, 0.2) is 0 Å². The lowest BCUT2D eigenvalue weighted by atomic mass is 9.90. The zero-order chi connectivity index (χ0) is 9.90. The zero-order valence-electron chi connectivity index (χ0n) is 8.58. The number of hydrogen-bond acceptors (Lipinski definition) is 3. The fourth-order valence-corrected chi connectivity index (χ4v) is 1.83. The predicted molar refractivity (Wildman–Crippen MR) is 52.6 cm³/mol. The maximum atomic E-state index is 9.68. The maximum absolute atomic E-state index is 9.68. The first-order valence-electron chi connectivity index (χ1n) is 5.12. The molecule has 1 fully saturated rings. The Balaban J connectivity index is 2.42. The number of rotatable bonds is 3. The molecule has 1 aliphatic rings. The van der Waals surface area contributed by atoms with Gasteiger partial charge in [0.05, 0.1) is 12.7 Å². The molecule has 0 aromatic rings. The molecule has 1 rings (SSSR count). The van der Waals surface area contributed by atoms with E-state index in [0.29, 0.717) is 0 Å². The molecule has 3 N–H and O–H groups in total. The molecule has 0 heterocycles. The van der Waals surface area contributed by atoms with Crippen LogP contribution in [0, 0.1) is 0 Å². The van der Waals surface area contributed by atoms with Gasteiger partial charge in [-0.1, -0.05) is 12.8 Å². The van der Waals surface area contributed by atoms with Crippen LogP contribution in [0.4, 0.5) is 0 Å². The molecule has 78 valence electrons. The summed E-state index contributed by atoms with van der Waals surface area (Å²) in [5.41, 5.74) is -0.275. The van der Waals surface area contributed by atoms with Crippen molar-refractivity contribution in [3.05, 3.63) is 0 Å². The minimum atomic E-state index is -0.275. The average Bonchev–Trinajstić information content (AvgIpc) is 2.09. The van der Waals surface area contributed by atoms with Crippen LogP contribution < -0.4 is 5.32 Å². The summed E-state index contributed by atoms with van der Waals surface area (Å²) in [6.45, 7) is 4.01. The Bertz CT molecular complexity index is 159.